The van der Waals surface area contributed by atoms with Gasteiger partial charge in [0.05, 0.1) is 12.6 Å². The Labute approximate surface area is 176 Å². The molecule has 9 nitrogen and oxygen atoms in total. The summed E-state index contributed by atoms with van der Waals surface area (Å²) < 4.78 is 0. The van der Waals surface area contributed by atoms with Gasteiger partial charge in [0.1, 0.15) is 6.04 Å². The number of amides is 1. The molecule has 30 heavy (non-hydrogen) atoms. The third-order valence-corrected chi connectivity index (χ3v) is 4.32. The van der Waals surface area contributed by atoms with Crippen LogP contribution in [0, 0.1) is 11.3 Å². The van der Waals surface area contributed by atoms with Crippen LogP contribution < -0.4 is 10.6 Å². The minimum Gasteiger partial charge on any atom is -0.478 e. The standard InChI is InChI=1S/C17H24N4O.C4H4O4/c1-17(2,13-19-14-7-4-3-5-8-14)20-12-16(22)21-10-6-9-15(21)11-18;5-3(6)1-2-4(7)8/h3-5,7-8,15,19-20H,6,9-10,12-13H2,1-2H3;1-2H,(H,5,6)(H,7,8)/b;2-1+/t15-;/m0./s1. The predicted octanol–water partition coefficient (Wildman–Crippen LogP) is 1.69. The number of anilines is 1. The number of hydrogen-bond acceptors (Lipinski definition) is 6. The molecule has 0 bridgehead atoms. The van der Waals surface area contributed by atoms with Crippen LogP contribution in [0.25, 0.3) is 0 Å². The molecule has 4 N–H and O–H groups in total. The van der Waals surface area contributed by atoms with Gasteiger partial charge in [0.2, 0.25) is 5.91 Å². The molecule has 0 radical (unpaired) electrons. The zero-order chi connectivity index (χ0) is 22.6. The summed E-state index contributed by atoms with van der Waals surface area (Å²) in [6.07, 6.45) is 2.83. The molecule has 1 aliphatic heterocycles. The van der Waals surface area contributed by atoms with Gasteiger partial charge in [0.15, 0.2) is 0 Å². The topological polar surface area (TPSA) is 143 Å². The highest BCUT2D eigenvalue weighted by molar-refractivity contribution is 5.89. The first kappa shape index (κ1) is 24.7. The number of likely N-dealkylation sites (tertiary alicyclic amines) is 1. The molecule has 162 valence electrons. The number of rotatable bonds is 8. The number of nitrogens with zero attached hydrogens (tertiary/aromatic N) is 2. The van der Waals surface area contributed by atoms with Gasteiger partial charge in [-0.05, 0) is 38.8 Å². The number of carboxylic acid groups (broad SMARTS) is 2. The van der Waals surface area contributed by atoms with Crippen LogP contribution in [0.5, 0.6) is 0 Å². The second-order valence-electron chi connectivity index (χ2n) is 7.34. The summed E-state index contributed by atoms with van der Waals surface area (Å²) in [5, 5.41) is 31.3. The zero-order valence-electron chi connectivity index (χ0n) is 17.2. The normalized spacial score (nSPS) is 15.8. The molecule has 1 aromatic rings. The smallest absolute Gasteiger partial charge is 0.328 e. The van der Waals surface area contributed by atoms with Crippen LogP contribution in [0.3, 0.4) is 0 Å². The van der Waals surface area contributed by atoms with Crippen molar-refractivity contribution in [1.29, 1.82) is 5.26 Å². The first-order valence-corrected chi connectivity index (χ1v) is 9.51. The van der Waals surface area contributed by atoms with Gasteiger partial charge in [0, 0.05) is 36.5 Å². The van der Waals surface area contributed by atoms with E-state index in [1.807, 2.05) is 30.3 Å². The van der Waals surface area contributed by atoms with E-state index in [9.17, 15) is 14.4 Å². The number of nitrogens with one attached hydrogen (secondary N) is 2. The largest absolute Gasteiger partial charge is 0.478 e. The lowest BCUT2D eigenvalue weighted by Gasteiger charge is -2.28. The predicted molar refractivity (Wildman–Crippen MR) is 112 cm³/mol. The monoisotopic (exact) mass is 416 g/mol. The average Bonchev–Trinajstić information content (AvgIpc) is 3.19. The fourth-order valence-corrected chi connectivity index (χ4v) is 2.70. The summed E-state index contributed by atoms with van der Waals surface area (Å²) in [4.78, 5) is 33.0. The molecule has 1 aromatic carbocycles. The average molecular weight is 416 g/mol. The van der Waals surface area contributed by atoms with Gasteiger partial charge in [-0.25, -0.2) is 9.59 Å². The highest BCUT2D eigenvalue weighted by Crippen LogP contribution is 2.16. The van der Waals surface area contributed by atoms with Crippen molar-refractivity contribution >= 4 is 23.5 Å². The van der Waals surface area contributed by atoms with Crippen LogP contribution in [0.4, 0.5) is 5.69 Å². The summed E-state index contributed by atoms with van der Waals surface area (Å²) in [5.74, 6) is -2.50. The van der Waals surface area contributed by atoms with Gasteiger partial charge in [-0.1, -0.05) is 18.2 Å². The molecule has 1 atom stereocenters. The van der Waals surface area contributed by atoms with Crippen LogP contribution >= 0.6 is 0 Å². The number of nitriles is 1. The summed E-state index contributed by atoms with van der Waals surface area (Å²) >= 11 is 0. The third-order valence-electron chi connectivity index (χ3n) is 4.32. The number of benzene rings is 1. The summed E-state index contributed by atoms with van der Waals surface area (Å²) in [6.45, 7) is 5.79. The molecule has 0 aromatic heterocycles. The first-order chi connectivity index (χ1) is 14.1. The van der Waals surface area contributed by atoms with E-state index in [1.165, 1.54) is 0 Å². The van der Waals surface area contributed by atoms with Crippen molar-refractivity contribution in [3.63, 3.8) is 0 Å². The quantitative estimate of drug-likeness (QED) is 0.469. The lowest BCUT2D eigenvalue weighted by molar-refractivity contribution is -0.134. The van der Waals surface area contributed by atoms with Crippen molar-refractivity contribution in [3.8, 4) is 6.07 Å². The molecule has 1 aliphatic rings. The van der Waals surface area contributed by atoms with Gasteiger partial charge in [0.25, 0.3) is 0 Å². The van der Waals surface area contributed by atoms with Gasteiger partial charge in [-0.15, -0.1) is 0 Å². The van der Waals surface area contributed by atoms with E-state index in [-0.39, 0.29) is 24.0 Å². The Kier molecular flexibility index (Phi) is 10.1. The number of carbonyl (C=O) groups excluding carboxylic acids is 1. The molecule has 1 heterocycles. The van der Waals surface area contributed by atoms with E-state index in [4.69, 9.17) is 15.5 Å². The Morgan fingerprint density at radius 3 is 2.33 bits per heavy atom. The lowest BCUT2D eigenvalue weighted by atomic mass is 10.1. The van der Waals surface area contributed by atoms with Crippen molar-refractivity contribution in [1.82, 2.24) is 10.2 Å². The second kappa shape index (κ2) is 12.2. The number of aliphatic carboxylic acids is 2. The van der Waals surface area contributed by atoms with E-state index < -0.39 is 11.9 Å². The van der Waals surface area contributed by atoms with Crippen molar-refractivity contribution in [2.75, 3.05) is 25.0 Å². The molecular formula is C21H28N4O5. The van der Waals surface area contributed by atoms with Crippen LogP contribution in [0.1, 0.15) is 26.7 Å². The molecule has 0 saturated carbocycles. The number of carbonyl (C=O) groups is 3. The molecule has 1 fully saturated rings. The number of para-hydroxylation sites is 1. The molecular weight excluding hydrogens is 388 g/mol. The molecule has 1 amide bonds. The Bertz CT molecular complexity index is 770. The molecule has 9 heteroatoms. The highest BCUT2D eigenvalue weighted by Gasteiger charge is 2.29. The van der Waals surface area contributed by atoms with Crippen LogP contribution in [-0.2, 0) is 14.4 Å². The third kappa shape index (κ3) is 9.71. The fourth-order valence-electron chi connectivity index (χ4n) is 2.70. The second-order valence-corrected chi connectivity index (χ2v) is 7.34. The summed E-state index contributed by atoms with van der Waals surface area (Å²) in [6, 6.07) is 11.9. The van der Waals surface area contributed by atoms with Crippen molar-refractivity contribution in [3.05, 3.63) is 42.5 Å². The van der Waals surface area contributed by atoms with Gasteiger partial charge < -0.3 is 25.7 Å². The maximum atomic E-state index is 12.2. The lowest BCUT2D eigenvalue weighted by Crippen LogP contribution is -2.50. The van der Waals surface area contributed by atoms with Crippen molar-refractivity contribution in [2.24, 2.45) is 0 Å². The maximum absolute atomic E-state index is 12.2. The molecule has 1 saturated heterocycles. The van der Waals surface area contributed by atoms with E-state index in [2.05, 4.69) is 30.6 Å². The molecule has 2 rings (SSSR count). The van der Waals surface area contributed by atoms with Crippen LogP contribution in [-0.4, -0.2) is 64.2 Å². The Hall–Kier alpha value is -3.38. The Morgan fingerprint density at radius 1 is 1.20 bits per heavy atom. The van der Waals surface area contributed by atoms with Crippen molar-refractivity contribution < 1.29 is 24.6 Å². The van der Waals surface area contributed by atoms with Crippen LogP contribution in [0.2, 0.25) is 0 Å². The minimum absolute atomic E-state index is 0.0110. The van der Waals surface area contributed by atoms with E-state index in [0.29, 0.717) is 25.2 Å². The van der Waals surface area contributed by atoms with E-state index in [0.717, 1.165) is 18.5 Å². The van der Waals surface area contributed by atoms with E-state index in [1.54, 1.807) is 4.90 Å². The Morgan fingerprint density at radius 2 is 1.80 bits per heavy atom. The first-order valence-electron chi connectivity index (χ1n) is 9.51. The fraction of sp³-hybridized carbons (Fsp3) is 0.429. The molecule has 0 unspecified atom stereocenters. The van der Waals surface area contributed by atoms with E-state index >= 15 is 0 Å². The van der Waals surface area contributed by atoms with Crippen LogP contribution in [0.15, 0.2) is 42.5 Å². The number of carboxylic acids is 2. The van der Waals surface area contributed by atoms with Gasteiger partial charge in [-0.3, -0.25) is 4.79 Å². The van der Waals surface area contributed by atoms with Gasteiger partial charge in [-0.2, -0.15) is 5.26 Å². The highest BCUT2D eigenvalue weighted by atomic mass is 16.4. The summed E-state index contributed by atoms with van der Waals surface area (Å²) in [7, 11) is 0. The van der Waals surface area contributed by atoms with Gasteiger partial charge >= 0.3 is 11.9 Å². The molecule has 0 spiro atoms. The minimum atomic E-state index is -1.26. The Balaban J connectivity index is 0.000000479. The SMILES string of the molecule is CC(C)(CNc1ccccc1)NCC(=O)N1CCC[C@H]1C#N.O=C(O)/C=C/C(=O)O. The number of hydrogen-bond donors (Lipinski definition) is 4. The summed E-state index contributed by atoms with van der Waals surface area (Å²) in [5.41, 5.74) is 0.848. The molecule has 0 aliphatic carbocycles. The zero-order valence-corrected chi connectivity index (χ0v) is 17.2. The van der Waals surface area contributed by atoms with Crippen molar-refractivity contribution in [2.45, 2.75) is 38.3 Å². The maximum Gasteiger partial charge on any atom is 0.328 e.